The van der Waals surface area contributed by atoms with Crippen LogP contribution in [0, 0.1) is 13.8 Å². The van der Waals surface area contributed by atoms with Crippen LogP contribution in [0.2, 0.25) is 0 Å². The van der Waals surface area contributed by atoms with Crippen molar-refractivity contribution < 1.29 is 4.74 Å². The molecule has 3 rings (SSSR count). The van der Waals surface area contributed by atoms with Gasteiger partial charge in [-0.2, -0.15) is 11.3 Å². The highest BCUT2D eigenvalue weighted by molar-refractivity contribution is 7.08. The number of thiophene rings is 1. The van der Waals surface area contributed by atoms with Crippen LogP contribution in [-0.4, -0.2) is 0 Å². The summed E-state index contributed by atoms with van der Waals surface area (Å²) in [6, 6.07) is 16.5. The molecule has 0 aliphatic heterocycles. The largest absolute Gasteiger partial charge is 0.488 e. The van der Waals surface area contributed by atoms with Gasteiger partial charge in [-0.15, -0.1) is 0 Å². The molecule has 0 spiro atoms. The van der Waals surface area contributed by atoms with Gasteiger partial charge in [0.05, 0.1) is 6.04 Å². The van der Waals surface area contributed by atoms with E-state index in [0.717, 1.165) is 28.0 Å². The maximum absolute atomic E-state index is 6.38. The highest BCUT2D eigenvalue weighted by atomic mass is 32.1. The molecule has 2 nitrogen and oxygen atoms in total. The third-order valence-electron chi connectivity index (χ3n) is 3.97. The van der Waals surface area contributed by atoms with Crippen molar-refractivity contribution in [3.05, 3.63) is 87.1 Å². The van der Waals surface area contributed by atoms with Gasteiger partial charge in [-0.25, -0.2) is 0 Å². The lowest BCUT2D eigenvalue weighted by molar-refractivity contribution is 0.302. The van der Waals surface area contributed by atoms with Crippen molar-refractivity contribution in [1.82, 2.24) is 0 Å². The molecule has 1 aromatic heterocycles. The average molecular weight is 323 g/mol. The third-order valence-corrected chi connectivity index (χ3v) is 4.67. The first-order valence-electron chi connectivity index (χ1n) is 7.70. The van der Waals surface area contributed by atoms with E-state index in [1.807, 2.05) is 18.2 Å². The molecular formula is C20H21NOS. The van der Waals surface area contributed by atoms with Gasteiger partial charge in [0.15, 0.2) is 0 Å². The Morgan fingerprint density at radius 1 is 1.00 bits per heavy atom. The number of hydrogen-bond donors (Lipinski definition) is 1. The Hall–Kier alpha value is -2.10. The number of nitrogens with two attached hydrogens (primary N) is 1. The molecule has 0 amide bonds. The van der Waals surface area contributed by atoms with Gasteiger partial charge >= 0.3 is 0 Å². The second kappa shape index (κ2) is 6.99. The number of rotatable bonds is 5. The first kappa shape index (κ1) is 15.8. The Labute approximate surface area is 141 Å². The van der Waals surface area contributed by atoms with Crippen LogP contribution in [0.5, 0.6) is 5.75 Å². The normalized spacial score (nSPS) is 12.1. The second-order valence-corrected chi connectivity index (χ2v) is 6.57. The maximum atomic E-state index is 6.38. The zero-order valence-electron chi connectivity index (χ0n) is 13.5. The minimum Gasteiger partial charge on any atom is -0.488 e. The summed E-state index contributed by atoms with van der Waals surface area (Å²) in [5.74, 6) is 0.954. The quantitative estimate of drug-likeness (QED) is 0.718. The molecule has 3 heteroatoms. The molecular weight excluding hydrogens is 302 g/mol. The Bertz CT molecular complexity index is 743. The summed E-state index contributed by atoms with van der Waals surface area (Å²) in [5, 5.41) is 4.17. The zero-order chi connectivity index (χ0) is 16.2. The Morgan fingerprint density at radius 2 is 1.70 bits per heavy atom. The van der Waals surface area contributed by atoms with Crippen molar-refractivity contribution in [2.75, 3.05) is 0 Å². The van der Waals surface area contributed by atoms with Gasteiger partial charge in [0.2, 0.25) is 0 Å². The van der Waals surface area contributed by atoms with Gasteiger partial charge in [0.25, 0.3) is 0 Å². The first-order valence-corrected chi connectivity index (χ1v) is 8.65. The minimum atomic E-state index is -0.0816. The van der Waals surface area contributed by atoms with Crippen LogP contribution >= 0.6 is 11.3 Å². The van der Waals surface area contributed by atoms with Gasteiger partial charge in [-0.1, -0.05) is 42.5 Å². The van der Waals surface area contributed by atoms with E-state index >= 15 is 0 Å². The van der Waals surface area contributed by atoms with E-state index in [2.05, 4.69) is 54.9 Å². The molecule has 1 atom stereocenters. The third kappa shape index (κ3) is 3.63. The van der Waals surface area contributed by atoms with Crippen molar-refractivity contribution >= 4 is 11.3 Å². The van der Waals surface area contributed by atoms with E-state index in [0.29, 0.717) is 6.61 Å². The SMILES string of the molecule is Cc1cc([C@H](N)c2ccsc2)cc(C)c1OCc1ccccc1. The molecule has 0 fully saturated rings. The Kier molecular flexibility index (Phi) is 4.79. The monoisotopic (exact) mass is 323 g/mol. The van der Waals surface area contributed by atoms with Crippen LogP contribution in [0.1, 0.15) is 33.9 Å². The summed E-state index contributed by atoms with van der Waals surface area (Å²) in [5.41, 5.74) is 12.1. The topological polar surface area (TPSA) is 35.2 Å². The fourth-order valence-electron chi connectivity index (χ4n) is 2.77. The predicted octanol–water partition coefficient (Wildman–Crippen LogP) is 4.99. The molecule has 0 aliphatic rings. The van der Waals surface area contributed by atoms with Crippen molar-refractivity contribution in [3.63, 3.8) is 0 Å². The molecule has 1 heterocycles. The lowest BCUT2D eigenvalue weighted by atomic mass is 9.97. The summed E-state index contributed by atoms with van der Waals surface area (Å²) in [6.07, 6.45) is 0. The fraction of sp³-hybridized carbons (Fsp3) is 0.200. The molecule has 0 saturated carbocycles. The molecule has 0 radical (unpaired) electrons. The minimum absolute atomic E-state index is 0.0816. The van der Waals surface area contributed by atoms with Crippen molar-refractivity contribution in [3.8, 4) is 5.75 Å². The van der Waals surface area contributed by atoms with Crippen LogP contribution < -0.4 is 10.5 Å². The van der Waals surface area contributed by atoms with Crippen molar-refractivity contribution in [1.29, 1.82) is 0 Å². The summed E-state index contributed by atoms with van der Waals surface area (Å²) in [6.45, 7) is 4.74. The summed E-state index contributed by atoms with van der Waals surface area (Å²) in [4.78, 5) is 0. The maximum Gasteiger partial charge on any atom is 0.125 e. The predicted molar refractivity (Wildman–Crippen MR) is 97.0 cm³/mol. The van der Waals surface area contributed by atoms with E-state index in [1.165, 1.54) is 5.56 Å². The van der Waals surface area contributed by atoms with Gasteiger partial charge < -0.3 is 10.5 Å². The zero-order valence-corrected chi connectivity index (χ0v) is 14.3. The standard InChI is InChI=1S/C20H21NOS/c1-14-10-18(19(21)17-8-9-23-13-17)11-15(2)20(14)22-12-16-6-4-3-5-7-16/h3-11,13,19H,12,21H2,1-2H3/t19-/m1/s1. The van der Waals surface area contributed by atoms with Gasteiger partial charge in [-0.05, 0) is 58.5 Å². The van der Waals surface area contributed by atoms with Crippen LogP contribution in [0.15, 0.2) is 59.3 Å². The summed E-state index contributed by atoms with van der Waals surface area (Å²) < 4.78 is 6.04. The van der Waals surface area contributed by atoms with Crippen molar-refractivity contribution in [2.24, 2.45) is 5.73 Å². The molecule has 3 aromatic rings. The first-order chi connectivity index (χ1) is 11.1. The van der Waals surface area contributed by atoms with Crippen LogP contribution in [0.3, 0.4) is 0 Å². The lowest BCUT2D eigenvalue weighted by Crippen LogP contribution is -2.12. The van der Waals surface area contributed by atoms with Crippen molar-refractivity contribution in [2.45, 2.75) is 26.5 Å². The molecule has 0 unspecified atom stereocenters. The van der Waals surface area contributed by atoms with E-state index in [9.17, 15) is 0 Å². The molecule has 0 saturated heterocycles. The highest BCUT2D eigenvalue weighted by Crippen LogP contribution is 2.30. The number of aryl methyl sites for hydroxylation is 2. The van der Waals surface area contributed by atoms with Crippen LogP contribution in [0.4, 0.5) is 0 Å². The molecule has 2 aromatic carbocycles. The smallest absolute Gasteiger partial charge is 0.125 e. The van der Waals surface area contributed by atoms with E-state index < -0.39 is 0 Å². The Balaban J connectivity index is 1.80. The number of hydrogen-bond acceptors (Lipinski definition) is 3. The van der Waals surface area contributed by atoms with Gasteiger partial charge in [-0.3, -0.25) is 0 Å². The fourth-order valence-corrected chi connectivity index (χ4v) is 3.46. The van der Waals surface area contributed by atoms with Crippen LogP contribution in [0.25, 0.3) is 0 Å². The Morgan fingerprint density at radius 3 is 2.30 bits per heavy atom. The highest BCUT2D eigenvalue weighted by Gasteiger charge is 2.13. The summed E-state index contributed by atoms with van der Waals surface area (Å²) >= 11 is 1.68. The molecule has 0 bridgehead atoms. The molecule has 0 aliphatic carbocycles. The van der Waals surface area contributed by atoms with E-state index in [4.69, 9.17) is 10.5 Å². The number of ether oxygens (including phenoxy) is 1. The molecule has 2 N–H and O–H groups in total. The van der Waals surface area contributed by atoms with Crippen LogP contribution in [-0.2, 0) is 6.61 Å². The van der Waals surface area contributed by atoms with E-state index in [-0.39, 0.29) is 6.04 Å². The molecule has 118 valence electrons. The van der Waals surface area contributed by atoms with Gasteiger partial charge in [0.1, 0.15) is 12.4 Å². The second-order valence-electron chi connectivity index (χ2n) is 5.79. The van der Waals surface area contributed by atoms with E-state index in [1.54, 1.807) is 11.3 Å². The van der Waals surface area contributed by atoms with Gasteiger partial charge in [0, 0.05) is 0 Å². The lowest BCUT2D eigenvalue weighted by Gasteiger charge is -2.17. The molecule has 23 heavy (non-hydrogen) atoms. The summed E-state index contributed by atoms with van der Waals surface area (Å²) in [7, 11) is 0. The average Bonchev–Trinajstić information content (AvgIpc) is 3.08. The number of benzene rings is 2.